The van der Waals surface area contributed by atoms with Gasteiger partial charge in [0.2, 0.25) is 5.71 Å². The number of para-hydroxylation sites is 1. The second-order valence-corrected chi connectivity index (χ2v) is 8.22. The van der Waals surface area contributed by atoms with Gasteiger partial charge in [-0.05, 0) is 73.1 Å². The third-order valence-electron chi connectivity index (χ3n) is 5.82. The van der Waals surface area contributed by atoms with Gasteiger partial charge in [0.05, 0.1) is 11.4 Å². The third-order valence-corrected chi connectivity index (χ3v) is 5.82. The van der Waals surface area contributed by atoms with E-state index in [1.165, 1.54) is 6.20 Å². The number of aryl methyl sites for hydroxylation is 3. The number of furan rings is 1. The van der Waals surface area contributed by atoms with Crippen LogP contribution in [0, 0.1) is 20.7 Å². The summed E-state index contributed by atoms with van der Waals surface area (Å²) in [6, 6.07) is 17.7. The molecule has 0 spiro atoms. The molecule has 0 atom stereocenters. The number of fused-ring (bicyclic) bond motifs is 3. The van der Waals surface area contributed by atoms with Crippen LogP contribution in [0.2, 0.25) is 0 Å². The molecule has 0 aliphatic heterocycles. The summed E-state index contributed by atoms with van der Waals surface area (Å²) in [5.41, 5.74) is 7.24. The average molecular weight is 411 g/mol. The Morgan fingerprint density at radius 1 is 0.903 bits per heavy atom. The first kappa shape index (κ1) is 15.4. The molecule has 0 saturated carbocycles. The molecule has 0 amide bonds. The summed E-state index contributed by atoms with van der Waals surface area (Å²) in [5.74, 6) is -1.11. The maximum absolute atomic E-state index is 8.53. The predicted molar refractivity (Wildman–Crippen MR) is 128 cm³/mol. The first-order valence-corrected chi connectivity index (χ1v) is 10.4. The molecular formula is C28H26N2O. The molecule has 3 aromatic heterocycles. The van der Waals surface area contributed by atoms with E-state index in [-0.39, 0.29) is 5.56 Å². The lowest BCUT2D eigenvalue weighted by atomic mass is 9.97. The van der Waals surface area contributed by atoms with Gasteiger partial charge in [0.1, 0.15) is 5.58 Å². The van der Waals surface area contributed by atoms with Gasteiger partial charge in [-0.2, -0.15) is 0 Å². The summed E-state index contributed by atoms with van der Waals surface area (Å²) in [7, 11) is 0. The number of benzene rings is 2. The van der Waals surface area contributed by atoms with Crippen molar-refractivity contribution in [2.75, 3.05) is 0 Å². The minimum absolute atomic E-state index is 0.0953. The Bertz CT molecular complexity index is 1570. The molecule has 0 bridgehead atoms. The van der Waals surface area contributed by atoms with Gasteiger partial charge in [-0.15, -0.1) is 0 Å². The van der Waals surface area contributed by atoms with E-state index in [2.05, 4.69) is 31.0 Å². The van der Waals surface area contributed by atoms with E-state index < -0.39 is 12.7 Å². The molecule has 0 saturated heterocycles. The summed E-state index contributed by atoms with van der Waals surface area (Å²) >= 11 is 0. The Balaban J connectivity index is 1.72. The Hall–Kier alpha value is -3.46. The lowest BCUT2D eigenvalue weighted by molar-refractivity contribution is 0.655. The van der Waals surface area contributed by atoms with Crippen molar-refractivity contribution >= 4 is 22.1 Å². The molecule has 0 unspecified atom stereocenters. The molecule has 0 fully saturated rings. The van der Waals surface area contributed by atoms with E-state index in [0.29, 0.717) is 22.6 Å². The second-order valence-electron chi connectivity index (χ2n) is 8.22. The highest BCUT2D eigenvalue weighted by molar-refractivity contribution is 6.08. The molecule has 0 N–H and O–H groups in total. The zero-order chi connectivity index (χ0) is 25.1. The van der Waals surface area contributed by atoms with Crippen LogP contribution in [0.4, 0.5) is 0 Å². The van der Waals surface area contributed by atoms with Crippen LogP contribution in [0.15, 0.2) is 65.2 Å². The van der Waals surface area contributed by atoms with E-state index in [4.69, 9.17) is 14.9 Å². The second kappa shape index (κ2) is 7.35. The fourth-order valence-electron chi connectivity index (χ4n) is 4.25. The molecule has 0 aliphatic rings. The first-order valence-electron chi connectivity index (χ1n) is 12.4. The topological polar surface area (TPSA) is 38.9 Å². The van der Waals surface area contributed by atoms with E-state index in [1.54, 1.807) is 19.9 Å². The molecule has 31 heavy (non-hydrogen) atoms. The Morgan fingerprint density at radius 3 is 2.42 bits per heavy atom. The third kappa shape index (κ3) is 3.21. The molecule has 5 aromatic rings. The van der Waals surface area contributed by atoms with Gasteiger partial charge >= 0.3 is 0 Å². The van der Waals surface area contributed by atoms with Gasteiger partial charge in [-0.1, -0.05) is 44.2 Å². The largest absolute Gasteiger partial charge is 0.437 e. The zero-order valence-electron chi connectivity index (χ0n) is 22.1. The van der Waals surface area contributed by atoms with Crippen LogP contribution in [0.25, 0.3) is 44.6 Å². The molecule has 2 aromatic carbocycles. The maximum Gasteiger partial charge on any atom is 0.227 e. The van der Waals surface area contributed by atoms with Crippen LogP contribution in [0.1, 0.15) is 47.5 Å². The van der Waals surface area contributed by atoms with E-state index in [9.17, 15) is 0 Å². The Labute approximate surface area is 188 Å². The predicted octanol–water partition coefficient (Wildman–Crippen LogP) is 7.76. The van der Waals surface area contributed by atoms with Gasteiger partial charge in [-0.3, -0.25) is 4.98 Å². The number of hydrogen-bond acceptors (Lipinski definition) is 3. The van der Waals surface area contributed by atoms with Crippen LogP contribution in [-0.4, -0.2) is 9.97 Å². The summed E-state index contributed by atoms with van der Waals surface area (Å²) in [5, 5.41) is 1.81. The lowest BCUT2D eigenvalue weighted by Gasteiger charge is -2.11. The Kier molecular flexibility index (Phi) is 3.64. The standard InChI is InChI=1S/C28H26N2O/c1-16(2)23-14-25(29-15-19(23)5)22-11-7-10-20-21-12-13-24(30-28(21)31-27(20)22)26-17(3)8-6-9-18(26)4/h6-16H,1-5H3/i5D3,16D. The fourth-order valence-corrected chi connectivity index (χ4v) is 4.25. The monoisotopic (exact) mass is 410 g/mol. The highest BCUT2D eigenvalue weighted by Gasteiger charge is 2.17. The highest BCUT2D eigenvalue weighted by Crippen LogP contribution is 2.37. The first-order chi connectivity index (χ1) is 16.4. The van der Waals surface area contributed by atoms with Crippen LogP contribution < -0.4 is 0 Å². The molecular weight excluding hydrogens is 380 g/mol. The van der Waals surface area contributed by atoms with Gasteiger partial charge < -0.3 is 4.42 Å². The van der Waals surface area contributed by atoms with Crippen LogP contribution in [0.3, 0.4) is 0 Å². The number of rotatable bonds is 3. The molecule has 154 valence electrons. The van der Waals surface area contributed by atoms with Gasteiger partial charge in [0.25, 0.3) is 0 Å². The maximum atomic E-state index is 8.53. The quantitative estimate of drug-likeness (QED) is 0.305. The van der Waals surface area contributed by atoms with Gasteiger partial charge in [-0.25, -0.2) is 4.98 Å². The number of hydrogen-bond donors (Lipinski definition) is 0. The molecule has 5 rings (SSSR count). The number of pyridine rings is 2. The summed E-state index contributed by atoms with van der Waals surface area (Å²) in [6.45, 7) is 5.17. The van der Waals surface area contributed by atoms with Gasteiger partial charge in [0, 0.05) is 33.6 Å². The lowest BCUT2D eigenvalue weighted by Crippen LogP contribution is -1.95. The SMILES string of the molecule is [2H]C([2H])([2H])c1cnc(-c2cccc3c2oc2nc(-c4c(C)cccc4C)ccc23)cc1C([2H])(C)C. The van der Waals surface area contributed by atoms with Crippen molar-refractivity contribution in [1.29, 1.82) is 0 Å². The van der Waals surface area contributed by atoms with Crippen molar-refractivity contribution in [3.05, 3.63) is 83.0 Å². The normalized spacial score (nSPS) is 14.3. The highest BCUT2D eigenvalue weighted by atomic mass is 16.3. The van der Waals surface area contributed by atoms with Gasteiger partial charge in [0.15, 0.2) is 0 Å². The Morgan fingerprint density at radius 2 is 1.68 bits per heavy atom. The van der Waals surface area contributed by atoms with Crippen molar-refractivity contribution in [3.63, 3.8) is 0 Å². The minimum atomic E-state index is -2.35. The summed E-state index contributed by atoms with van der Waals surface area (Å²) < 4.78 is 38.5. The number of aromatic nitrogens is 2. The van der Waals surface area contributed by atoms with E-state index >= 15 is 0 Å². The number of nitrogens with zero attached hydrogens (tertiary/aromatic N) is 2. The van der Waals surface area contributed by atoms with Crippen molar-refractivity contribution in [2.24, 2.45) is 0 Å². The minimum Gasteiger partial charge on any atom is -0.437 e. The summed E-state index contributed by atoms with van der Waals surface area (Å²) in [4.78, 5) is 9.33. The van der Waals surface area contributed by atoms with Crippen molar-refractivity contribution in [1.82, 2.24) is 9.97 Å². The van der Waals surface area contributed by atoms with Crippen molar-refractivity contribution in [3.8, 4) is 22.5 Å². The summed E-state index contributed by atoms with van der Waals surface area (Å²) in [6.07, 6.45) is 1.37. The van der Waals surface area contributed by atoms with Crippen molar-refractivity contribution in [2.45, 2.75) is 40.4 Å². The van der Waals surface area contributed by atoms with Crippen LogP contribution in [0.5, 0.6) is 0 Å². The smallest absolute Gasteiger partial charge is 0.227 e. The van der Waals surface area contributed by atoms with Crippen molar-refractivity contribution < 1.29 is 9.90 Å². The van der Waals surface area contributed by atoms with E-state index in [1.807, 2.05) is 36.4 Å². The molecule has 0 radical (unpaired) electrons. The van der Waals surface area contributed by atoms with Crippen LogP contribution in [-0.2, 0) is 0 Å². The van der Waals surface area contributed by atoms with E-state index in [0.717, 1.165) is 38.7 Å². The average Bonchev–Trinajstić information content (AvgIpc) is 3.15. The molecule has 3 heteroatoms. The molecule has 0 aliphatic carbocycles. The van der Waals surface area contributed by atoms with Crippen LogP contribution >= 0.6 is 0 Å². The molecule has 3 nitrogen and oxygen atoms in total. The fraction of sp³-hybridized carbons (Fsp3) is 0.214. The molecule has 3 heterocycles. The zero-order valence-corrected chi connectivity index (χ0v) is 18.1.